The molecule has 150 valence electrons. The minimum absolute atomic E-state index is 0.300. The number of carbonyl (C=O) groups excluding carboxylic acids is 1. The number of rotatable bonds is 9. The van der Waals surface area contributed by atoms with E-state index in [4.69, 9.17) is 23.7 Å². The molecule has 28 heavy (non-hydrogen) atoms. The van der Waals surface area contributed by atoms with Gasteiger partial charge in [-0.3, -0.25) is 0 Å². The molecule has 0 N–H and O–H groups in total. The molecule has 0 aliphatic carbocycles. The molecule has 2 rings (SSSR count). The van der Waals surface area contributed by atoms with Crippen molar-refractivity contribution in [3.05, 3.63) is 53.1 Å². The summed E-state index contributed by atoms with van der Waals surface area (Å²) < 4.78 is 26.5. The van der Waals surface area contributed by atoms with Gasteiger partial charge in [-0.05, 0) is 48.4 Å². The maximum absolute atomic E-state index is 12.5. The molecule has 0 saturated heterocycles. The zero-order chi connectivity index (χ0) is 20.5. The van der Waals surface area contributed by atoms with Gasteiger partial charge in [0, 0.05) is 12.0 Å². The van der Waals surface area contributed by atoms with Gasteiger partial charge in [0.05, 0.1) is 35.0 Å². The molecular weight excluding hydrogens is 360 g/mol. The average Bonchev–Trinajstić information content (AvgIpc) is 2.73. The molecule has 0 spiro atoms. The van der Waals surface area contributed by atoms with Crippen molar-refractivity contribution in [3.8, 4) is 23.0 Å². The first kappa shape index (κ1) is 21.2. The molecule has 0 aromatic heterocycles. The number of esters is 1. The normalized spacial score (nSPS) is 11.0. The Morgan fingerprint density at radius 2 is 1.39 bits per heavy atom. The van der Waals surface area contributed by atoms with Gasteiger partial charge in [0.15, 0.2) is 23.0 Å². The van der Waals surface area contributed by atoms with Crippen LogP contribution in [0.4, 0.5) is 0 Å². The van der Waals surface area contributed by atoms with Gasteiger partial charge >= 0.3 is 5.97 Å². The van der Waals surface area contributed by atoms with Crippen LogP contribution in [0.5, 0.6) is 23.0 Å². The monoisotopic (exact) mass is 386 g/mol. The molecule has 0 heterocycles. The third-order valence-electron chi connectivity index (χ3n) is 4.13. The van der Waals surface area contributed by atoms with Gasteiger partial charge in [-0.15, -0.1) is 0 Å². The largest absolute Gasteiger partial charge is 0.493 e. The quantitative estimate of drug-likeness (QED) is 0.481. The second-order valence-corrected chi connectivity index (χ2v) is 5.87. The first-order valence-electron chi connectivity index (χ1n) is 8.86. The Morgan fingerprint density at radius 3 is 1.96 bits per heavy atom. The Hall–Kier alpha value is -3.15. The van der Waals surface area contributed by atoms with E-state index in [-0.39, 0.29) is 5.97 Å². The van der Waals surface area contributed by atoms with E-state index in [1.54, 1.807) is 47.5 Å². The number of ether oxygens (including phenoxy) is 5. The van der Waals surface area contributed by atoms with Crippen molar-refractivity contribution in [2.24, 2.45) is 0 Å². The van der Waals surface area contributed by atoms with E-state index >= 15 is 0 Å². The van der Waals surface area contributed by atoms with Crippen LogP contribution in [0.2, 0.25) is 0 Å². The van der Waals surface area contributed by atoms with Gasteiger partial charge in [-0.2, -0.15) is 0 Å². The van der Waals surface area contributed by atoms with Crippen LogP contribution in [0.25, 0.3) is 6.08 Å². The van der Waals surface area contributed by atoms with Crippen LogP contribution in [-0.4, -0.2) is 41.0 Å². The maximum Gasteiger partial charge on any atom is 0.334 e. The van der Waals surface area contributed by atoms with Crippen LogP contribution in [0, 0.1) is 0 Å². The van der Waals surface area contributed by atoms with E-state index in [2.05, 4.69) is 0 Å². The fourth-order valence-corrected chi connectivity index (χ4v) is 2.76. The van der Waals surface area contributed by atoms with Crippen LogP contribution in [0.3, 0.4) is 0 Å². The van der Waals surface area contributed by atoms with Crippen molar-refractivity contribution < 1.29 is 28.5 Å². The smallest absolute Gasteiger partial charge is 0.334 e. The van der Waals surface area contributed by atoms with Crippen molar-refractivity contribution in [2.45, 2.75) is 13.3 Å². The third kappa shape index (κ3) is 5.19. The molecule has 2 aromatic rings. The minimum Gasteiger partial charge on any atom is -0.493 e. The predicted molar refractivity (Wildman–Crippen MR) is 107 cm³/mol. The molecule has 0 amide bonds. The standard InChI is InChI=1S/C22H26O6/c1-6-28-22(23)17(11-15-7-9-18(24-2)20(13-15)26-4)12-16-8-10-19(25-3)21(14-16)27-5/h7-11,13-14H,6,12H2,1-5H3/b17-11+. The van der Waals surface area contributed by atoms with Gasteiger partial charge in [0.2, 0.25) is 0 Å². The van der Waals surface area contributed by atoms with Gasteiger partial charge in [-0.25, -0.2) is 4.79 Å². The highest BCUT2D eigenvalue weighted by molar-refractivity contribution is 5.94. The molecule has 6 heteroatoms. The molecule has 6 nitrogen and oxygen atoms in total. The van der Waals surface area contributed by atoms with E-state index in [1.165, 1.54) is 0 Å². The van der Waals surface area contributed by atoms with Crippen molar-refractivity contribution in [2.75, 3.05) is 35.0 Å². The second kappa shape index (κ2) is 10.3. The first-order chi connectivity index (χ1) is 13.6. The summed E-state index contributed by atoms with van der Waals surface area (Å²) in [4.78, 5) is 12.5. The second-order valence-electron chi connectivity index (χ2n) is 5.87. The summed E-state index contributed by atoms with van der Waals surface area (Å²) in [6.45, 7) is 2.08. The fraction of sp³-hybridized carbons (Fsp3) is 0.318. The number of carbonyl (C=O) groups is 1. The van der Waals surface area contributed by atoms with E-state index < -0.39 is 0 Å². The predicted octanol–water partition coefficient (Wildman–Crippen LogP) is 3.91. The van der Waals surface area contributed by atoms with Crippen LogP contribution in [-0.2, 0) is 16.0 Å². The molecule has 0 fully saturated rings. The molecule has 2 aromatic carbocycles. The van der Waals surface area contributed by atoms with Gasteiger partial charge in [0.25, 0.3) is 0 Å². The first-order valence-corrected chi connectivity index (χ1v) is 8.86. The average molecular weight is 386 g/mol. The Balaban J connectivity index is 2.40. The van der Waals surface area contributed by atoms with Gasteiger partial charge < -0.3 is 23.7 Å². The molecule has 0 aliphatic rings. The highest BCUT2D eigenvalue weighted by atomic mass is 16.5. The van der Waals surface area contributed by atoms with Crippen molar-refractivity contribution in [1.29, 1.82) is 0 Å². The third-order valence-corrected chi connectivity index (χ3v) is 4.13. The molecular formula is C22H26O6. The molecule has 0 saturated carbocycles. The number of hydrogen-bond donors (Lipinski definition) is 0. The molecule has 0 unspecified atom stereocenters. The van der Waals surface area contributed by atoms with E-state index in [1.807, 2.05) is 30.3 Å². The van der Waals surface area contributed by atoms with Crippen molar-refractivity contribution in [3.63, 3.8) is 0 Å². The Bertz CT molecular complexity index is 841. The zero-order valence-corrected chi connectivity index (χ0v) is 16.9. The Kier molecular flexibility index (Phi) is 7.75. The summed E-state index contributed by atoms with van der Waals surface area (Å²) in [5, 5.41) is 0. The van der Waals surface area contributed by atoms with E-state index in [0.717, 1.165) is 11.1 Å². The number of hydrogen-bond acceptors (Lipinski definition) is 6. The zero-order valence-electron chi connectivity index (χ0n) is 16.9. The van der Waals surface area contributed by atoms with Crippen molar-refractivity contribution in [1.82, 2.24) is 0 Å². The fourth-order valence-electron chi connectivity index (χ4n) is 2.76. The maximum atomic E-state index is 12.5. The van der Waals surface area contributed by atoms with Crippen LogP contribution in [0.1, 0.15) is 18.1 Å². The lowest BCUT2D eigenvalue weighted by Crippen LogP contribution is -2.10. The van der Waals surface area contributed by atoms with Crippen molar-refractivity contribution >= 4 is 12.0 Å². The number of methoxy groups -OCH3 is 4. The summed E-state index contributed by atoms with van der Waals surface area (Å²) in [5.41, 5.74) is 2.22. The molecule has 0 radical (unpaired) electrons. The van der Waals surface area contributed by atoms with Crippen LogP contribution < -0.4 is 18.9 Å². The highest BCUT2D eigenvalue weighted by Crippen LogP contribution is 2.30. The molecule has 0 atom stereocenters. The number of benzene rings is 2. The lowest BCUT2D eigenvalue weighted by molar-refractivity contribution is -0.138. The topological polar surface area (TPSA) is 63.2 Å². The Labute approximate surface area is 165 Å². The van der Waals surface area contributed by atoms with Gasteiger partial charge in [0.1, 0.15) is 0 Å². The molecule has 0 bridgehead atoms. The summed E-state index contributed by atoms with van der Waals surface area (Å²) in [6.07, 6.45) is 2.17. The molecule has 0 aliphatic heterocycles. The highest BCUT2D eigenvalue weighted by Gasteiger charge is 2.14. The van der Waals surface area contributed by atoms with Crippen LogP contribution in [0.15, 0.2) is 42.0 Å². The summed E-state index contributed by atoms with van der Waals surface area (Å²) >= 11 is 0. The minimum atomic E-state index is -0.368. The summed E-state index contributed by atoms with van der Waals surface area (Å²) in [6, 6.07) is 11.0. The van der Waals surface area contributed by atoms with E-state index in [0.29, 0.717) is 41.6 Å². The lowest BCUT2D eigenvalue weighted by atomic mass is 10.0. The Morgan fingerprint density at radius 1 is 0.821 bits per heavy atom. The summed E-state index contributed by atoms with van der Waals surface area (Å²) in [7, 11) is 6.31. The van der Waals surface area contributed by atoms with Gasteiger partial charge in [-0.1, -0.05) is 12.1 Å². The van der Waals surface area contributed by atoms with E-state index in [9.17, 15) is 4.79 Å². The van der Waals surface area contributed by atoms with Crippen LogP contribution >= 0.6 is 0 Å². The SMILES string of the molecule is CCOC(=O)/C(=C/c1ccc(OC)c(OC)c1)Cc1ccc(OC)c(OC)c1. The lowest BCUT2D eigenvalue weighted by Gasteiger charge is -2.12. The summed E-state index contributed by atoms with van der Waals surface area (Å²) in [5.74, 6) is 2.08.